The zero-order chi connectivity index (χ0) is 24.5. The van der Waals surface area contributed by atoms with E-state index in [9.17, 15) is 22.8 Å². The largest absolute Gasteiger partial charge is 0.352 e. The summed E-state index contributed by atoms with van der Waals surface area (Å²) in [7, 11) is 0. The summed E-state index contributed by atoms with van der Waals surface area (Å²) in [4.78, 5) is 37.8. The molecule has 0 unspecified atom stereocenters. The topological polar surface area (TPSA) is 109 Å². The van der Waals surface area contributed by atoms with Gasteiger partial charge in [0.25, 0.3) is 17.4 Å². The molecule has 36 heavy (non-hydrogen) atoms. The summed E-state index contributed by atoms with van der Waals surface area (Å²) in [5.41, 5.74) is 0.113. The molecule has 1 aliphatic rings. The molecular formula is C23H21ClF3N7O2. The minimum atomic E-state index is -0.998. The molecule has 0 atom stereocenters. The number of anilines is 1. The van der Waals surface area contributed by atoms with Gasteiger partial charge in [-0.3, -0.25) is 24.2 Å². The molecule has 0 saturated carbocycles. The van der Waals surface area contributed by atoms with E-state index in [1.54, 1.807) is 23.2 Å². The fraction of sp³-hybridized carbons (Fsp3) is 0.261. The molecule has 0 bridgehead atoms. The molecular weight excluding hydrogens is 499 g/mol. The van der Waals surface area contributed by atoms with Crippen LogP contribution in [0.25, 0.3) is 11.0 Å². The quantitative estimate of drug-likeness (QED) is 0.418. The number of aromatic amines is 1. The van der Waals surface area contributed by atoms with Crippen molar-refractivity contribution in [3.8, 4) is 0 Å². The van der Waals surface area contributed by atoms with Crippen LogP contribution in [-0.2, 0) is 6.54 Å². The molecule has 0 aliphatic carbocycles. The highest BCUT2D eigenvalue weighted by atomic mass is 35.5. The minimum absolute atomic E-state index is 0. The van der Waals surface area contributed by atoms with Gasteiger partial charge < -0.3 is 10.2 Å². The zero-order valence-corrected chi connectivity index (χ0v) is 19.6. The van der Waals surface area contributed by atoms with E-state index in [0.717, 1.165) is 12.1 Å². The number of carbonyl (C=O) groups is 1. The molecule has 5 rings (SSSR count). The summed E-state index contributed by atoms with van der Waals surface area (Å²) in [5, 5.41) is 6.70. The van der Waals surface area contributed by atoms with E-state index in [1.165, 1.54) is 16.9 Å². The lowest BCUT2D eigenvalue weighted by molar-refractivity contribution is 0.0690. The van der Waals surface area contributed by atoms with Gasteiger partial charge in [-0.15, -0.1) is 17.5 Å². The van der Waals surface area contributed by atoms with E-state index in [0.29, 0.717) is 37.1 Å². The van der Waals surface area contributed by atoms with Crippen molar-refractivity contribution in [1.82, 2.24) is 29.6 Å². The second-order valence-electron chi connectivity index (χ2n) is 8.21. The fourth-order valence-corrected chi connectivity index (χ4v) is 4.18. The summed E-state index contributed by atoms with van der Waals surface area (Å²) in [6.07, 6.45) is 4.07. The Morgan fingerprint density at radius 2 is 1.92 bits per heavy atom. The number of nitrogens with zero attached hydrogens (tertiary/aromatic N) is 5. The SMILES string of the molecule is Cl.O=C(c1cccnc1)N1CCC(n2nc(F)c3nc(NCc4ccc(F)c(F)c4)[nH]c(=O)c32)CC1. The number of rotatable bonds is 5. The zero-order valence-electron chi connectivity index (χ0n) is 18.7. The van der Waals surface area contributed by atoms with E-state index in [1.807, 2.05) is 0 Å². The Hall–Kier alpha value is -3.93. The first-order valence-corrected chi connectivity index (χ1v) is 11.0. The number of likely N-dealkylation sites (tertiary alicyclic amines) is 1. The number of benzene rings is 1. The number of fused-ring (bicyclic) bond motifs is 1. The lowest BCUT2D eigenvalue weighted by Gasteiger charge is -2.32. The summed E-state index contributed by atoms with van der Waals surface area (Å²) in [6, 6.07) is 6.49. The second kappa shape index (κ2) is 10.4. The molecule has 1 saturated heterocycles. The number of halogens is 4. The standard InChI is InChI=1S/C23H20F3N7O2.ClH/c24-16-4-3-13(10-17(16)25)11-28-23-29-18-19(21(34)30-23)33(31-20(18)26)15-5-8-32(9-6-15)22(35)14-2-1-7-27-12-14;/h1-4,7,10,12,15H,5-6,8-9,11H2,(H2,28,29,30,34);1H. The van der Waals surface area contributed by atoms with E-state index in [2.05, 4.69) is 25.4 Å². The molecule has 3 aromatic heterocycles. The molecule has 1 fully saturated rings. The van der Waals surface area contributed by atoms with Crippen LogP contribution < -0.4 is 10.9 Å². The highest BCUT2D eigenvalue weighted by Gasteiger charge is 2.28. The van der Waals surface area contributed by atoms with Gasteiger partial charge in [-0.05, 0) is 42.7 Å². The second-order valence-corrected chi connectivity index (χ2v) is 8.21. The van der Waals surface area contributed by atoms with E-state index in [4.69, 9.17) is 0 Å². The van der Waals surface area contributed by atoms with Crippen molar-refractivity contribution >= 4 is 35.3 Å². The Balaban J connectivity index is 0.00000304. The number of hydrogen-bond donors (Lipinski definition) is 2. The Kier molecular flexibility index (Phi) is 7.25. The monoisotopic (exact) mass is 519 g/mol. The number of piperidine rings is 1. The van der Waals surface area contributed by atoms with Crippen LogP contribution in [-0.4, -0.2) is 48.6 Å². The third-order valence-corrected chi connectivity index (χ3v) is 5.96. The molecule has 188 valence electrons. The summed E-state index contributed by atoms with van der Waals surface area (Å²) < 4.78 is 42.5. The van der Waals surface area contributed by atoms with Gasteiger partial charge in [0.1, 0.15) is 0 Å². The van der Waals surface area contributed by atoms with Crippen LogP contribution in [0.2, 0.25) is 0 Å². The lowest BCUT2D eigenvalue weighted by Crippen LogP contribution is -2.39. The van der Waals surface area contributed by atoms with Crippen molar-refractivity contribution in [2.75, 3.05) is 18.4 Å². The number of nitrogens with one attached hydrogen (secondary N) is 2. The summed E-state index contributed by atoms with van der Waals surface area (Å²) in [6.45, 7) is 0.867. The van der Waals surface area contributed by atoms with Gasteiger partial charge in [0.2, 0.25) is 5.95 Å². The fourth-order valence-electron chi connectivity index (χ4n) is 4.18. The van der Waals surface area contributed by atoms with Gasteiger partial charge in [0.05, 0.1) is 11.6 Å². The Morgan fingerprint density at radius 3 is 2.61 bits per heavy atom. The Labute approximate surface area is 208 Å². The van der Waals surface area contributed by atoms with E-state index >= 15 is 0 Å². The van der Waals surface area contributed by atoms with Gasteiger partial charge in [-0.25, -0.2) is 13.8 Å². The maximum atomic E-state index is 14.7. The van der Waals surface area contributed by atoms with E-state index < -0.39 is 23.1 Å². The number of aromatic nitrogens is 5. The molecule has 1 aromatic carbocycles. The molecule has 2 N–H and O–H groups in total. The maximum absolute atomic E-state index is 14.7. The van der Waals surface area contributed by atoms with Gasteiger partial charge >= 0.3 is 0 Å². The normalized spacial score (nSPS) is 14.0. The van der Waals surface area contributed by atoms with Crippen molar-refractivity contribution in [2.45, 2.75) is 25.4 Å². The van der Waals surface area contributed by atoms with Crippen LogP contribution in [0.1, 0.15) is 34.8 Å². The lowest BCUT2D eigenvalue weighted by atomic mass is 10.0. The number of H-pyrrole nitrogens is 1. The minimum Gasteiger partial charge on any atom is -0.352 e. The van der Waals surface area contributed by atoms with Crippen LogP contribution in [0.3, 0.4) is 0 Å². The predicted octanol–water partition coefficient (Wildman–Crippen LogP) is 3.44. The van der Waals surface area contributed by atoms with Crippen LogP contribution in [0.5, 0.6) is 0 Å². The molecule has 1 amide bonds. The summed E-state index contributed by atoms with van der Waals surface area (Å²) >= 11 is 0. The van der Waals surface area contributed by atoms with Gasteiger partial charge in [0.15, 0.2) is 22.7 Å². The Bertz CT molecular complexity index is 1450. The molecule has 4 aromatic rings. The van der Waals surface area contributed by atoms with Crippen LogP contribution >= 0.6 is 12.4 Å². The van der Waals surface area contributed by atoms with Crippen molar-refractivity contribution in [2.24, 2.45) is 0 Å². The average Bonchev–Trinajstić information content (AvgIpc) is 3.22. The van der Waals surface area contributed by atoms with Crippen LogP contribution in [0, 0.1) is 17.6 Å². The first-order valence-electron chi connectivity index (χ1n) is 11.0. The molecule has 0 radical (unpaired) electrons. The number of pyridine rings is 1. The number of amides is 1. The summed E-state index contributed by atoms with van der Waals surface area (Å²) in [5.74, 6) is -3.02. The van der Waals surface area contributed by atoms with Gasteiger partial charge in [-0.1, -0.05) is 6.07 Å². The first-order chi connectivity index (χ1) is 16.9. The van der Waals surface area contributed by atoms with Crippen LogP contribution in [0.15, 0.2) is 47.5 Å². The highest BCUT2D eigenvalue weighted by molar-refractivity contribution is 5.93. The number of carbonyl (C=O) groups excluding carboxylic acids is 1. The van der Waals surface area contributed by atoms with E-state index in [-0.39, 0.29) is 47.9 Å². The molecule has 13 heteroatoms. The third-order valence-electron chi connectivity index (χ3n) is 5.96. The molecule has 1 aliphatic heterocycles. The molecule has 4 heterocycles. The predicted molar refractivity (Wildman–Crippen MR) is 127 cm³/mol. The molecule has 9 nitrogen and oxygen atoms in total. The Morgan fingerprint density at radius 1 is 1.14 bits per heavy atom. The van der Waals surface area contributed by atoms with Crippen molar-refractivity contribution in [3.05, 3.63) is 81.8 Å². The van der Waals surface area contributed by atoms with Crippen molar-refractivity contribution < 1.29 is 18.0 Å². The average molecular weight is 520 g/mol. The van der Waals surface area contributed by atoms with Crippen molar-refractivity contribution in [3.63, 3.8) is 0 Å². The van der Waals surface area contributed by atoms with Gasteiger partial charge in [0, 0.05) is 32.0 Å². The number of hydrogen-bond acceptors (Lipinski definition) is 6. The van der Waals surface area contributed by atoms with Crippen molar-refractivity contribution in [1.29, 1.82) is 0 Å². The molecule has 0 spiro atoms. The first kappa shape index (κ1) is 25.2. The van der Waals surface area contributed by atoms with Crippen LogP contribution in [0.4, 0.5) is 19.1 Å². The highest BCUT2D eigenvalue weighted by Crippen LogP contribution is 2.26. The third kappa shape index (κ3) is 4.89. The van der Waals surface area contributed by atoms with Gasteiger partial charge in [-0.2, -0.15) is 4.39 Å². The maximum Gasteiger partial charge on any atom is 0.278 e. The smallest absolute Gasteiger partial charge is 0.278 e.